The largest absolute Gasteiger partial charge is 0.399 e. The normalized spacial score (nSPS) is 10.8. The molecule has 44 heavy (non-hydrogen) atoms. The first-order valence-electron chi connectivity index (χ1n) is 13.2. The van der Waals surface area contributed by atoms with Crippen LogP contribution in [0.3, 0.4) is 0 Å². The number of nitrogen functional groups attached to an aromatic ring is 1. The van der Waals surface area contributed by atoms with E-state index in [9.17, 15) is 25.0 Å². The highest BCUT2D eigenvalue weighted by Crippen LogP contribution is 2.41. The van der Waals surface area contributed by atoms with Gasteiger partial charge in [0.15, 0.2) is 5.13 Å². The van der Waals surface area contributed by atoms with Crippen LogP contribution in [0.25, 0.3) is 21.3 Å². The van der Waals surface area contributed by atoms with Crippen LogP contribution in [-0.2, 0) is 0 Å². The molecule has 0 radical (unpaired) electrons. The second kappa shape index (κ2) is 11.6. The third kappa shape index (κ3) is 5.78. The molecule has 0 fully saturated rings. The van der Waals surface area contributed by atoms with Crippen LogP contribution >= 0.6 is 11.3 Å². The number of aromatic nitrogens is 1. The van der Waals surface area contributed by atoms with E-state index >= 15 is 0 Å². The number of nitrogens with two attached hydrogens (primary N) is 1. The van der Waals surface area contributed by atoms with Crippen molar-refractivity contribution < 1.29 is 14.6 Å². The molecule has 12 heteroatoms. The molecule has 1 amide bonds. The number of carbonyl (C=O) groups excluding carboxylic acids is 1. The average molecular weight is 603 g/mol. The first-order valence-corrected chi connectivity index (χ1v) is 14.0. The number of nitrogens with zero attached hydrogens (tertiary/aromatic N) is 4. The van der Waals surface area contributed by atoms with Crippen molar-refractivity contribution in [1.29, 1.82) is 0 Å². The summed E-state index contributed by atoms with van der Waals surface area (Å²) < 4.78 is 0.895. The fraction of sp³-hybridized carbons (Fsp3) is 0. The Morgan fingerprint density at radius 1 is 0.727 bits per heavy atom. The van der Waals surface area contributed by atoms with Crippen molar-refractivity contribution in [2.75, 3.05) is 16.0 Å². The predicted molar refractivity (Wildman–Crippen MR) is 172 cm³/mol. The molecule has 0 saturated heterocycles. The average Bonchev–Trinajstić information content (AvgIpc) is 3.45. The first-order chi connectivity index (χ1) is 21.2. The molecule has 6 rings (SSSR count). The van der Waals surface area contributed by atoms with Gasteiger partial charge in [-0.2, -0.15) is 0 Å². The molecular formula is C32H22N6O5S. The fourth-order valence-corrected chi connectivity index (χ4v) is 5.64. The summed E-state index contributed by atoms with van der Waals surface area (Å²) in [6.07, 6.45) is 0. The molecule has 0 aliphatic heterocycles. The van der Waals surface area contributed by atoms with E-state index in [1.807, 2.05) is 42.5 Å². The van der Waals surface area contributed by atoms with Crippen LogP contribution in [0.4, 0.5) is 39.3 Å². The lowest BCUT2D eigenvalue weighted by Gasteiger charge is -2.22. The van der Waals surface area contributed by atoms with Gasteiger partial charge in [0.2, 0.25) is 0 Å². The van der Waals surface area contributed by atoms with Crippen molar-refractivity contribution in [2.24, 2.45) is 0 Å². The molecule has 11 nitrogen and oxygen atoms in total. The van der Waals surface area contributed by atoms with Crippen LogP contribution in [-0.4, -0.2) is 20.7 Å². The zero-order valence-corrected chi connectivity index (χ0v) is 23.6. The highest BCUT2D eigenvalue weighted by Gasteiger charge is 2.19. The maximum atomic E-state index is 12.6. The Bertz CT molecular complexity index is 1950. The number of non-ortho nitro benzene ring substituents is 2. The van der Waals surface area contributed by atoms with Crippen molar-refractivity contribution >= 4 is 66.7 Å². The van der Waals surface area contributed by atoms with Crippen molar-refractivity contribution in [1.82, 2.24) is 4.98 Å². The highest BCUT2D eigenvalue weighted by molar-refractivity contribution is 7.22. The van der Waals surface area contributed by atoms with E-state index in [0.29, 0.717) is 33.4 Å². The van der Waals surface area contributed by atoms with E-state index in [1.165, 1.54) is 35.6 Å². The molecule has 216 valence electrons. The van der Waals surface area contributed by atoms with E-state index < -0.39 is 9.85 Å². The first kappa shape index (κ1) is 28.0. The summed E-state index contributed by atoms with van der Waals surface area (Å²) in [7, 11) is 0. The monoisotopic (exact) mass is 602 g/mol. The Morgan fingerprint density at radius 3 is 1.82 bits per heavy atom. The van der Waals surface area contributed by atoms with Crippen LogP contribution in [0, 0.1) is 20.2 Å². The molecule has 0 aliphatic carbocycles. The molecule has 0 saturated carbocycles. The summed E-state index contributed by atoms with van der Waals surface area (Å²) in [4.78, 5) is 40.7. The summed E-state index contributed by atoms with van der Waals surface area (Å²) in [5.41, 5.74) is 11.2. The fourth-order valence-electron chi connectivity index (χ4n) is 4.59. The maximum Gasteiger partial charge on any atom is 0.269 e. The highest BCUT2D eigenvalue weighted by atomic mass is 32.1. The van der Waals surface area contributed by atoms with Gasteiger partial charge >= 0.3 is 0 Å². The van der Waals surface area contributed by atoms with Crippen molar-refractivity contribution in [3.05, 3.63) is 141 Å². The number of hydrogen-bond donors (Lipinski definition) is 2. The van der Waals surface area contributed by atoms with Crippen molar-refractivity contribution in [2.45, 2.75) is 0 Å². The smallest absolute Gasteiger partial charge is 0.269 e. The van der Waals surface area contributed by atoms with Crippen LogP contribution in [0.15, 0.2) is 115 Å². The number of nitrogens with one attached hydrogen (secondary N) is 1. The lowest BCUT2D eigenvalue weighted by Crippen LogP contribution is -2.11. The van der Waals surface area contributed by atoms with Crippen LogP contribution < -0.4 is 16.0 Å². The van der Waals surface area contributed by atoms with E-state index in [-0.39, 0.29) is 17.3 Å². The van der Waals surface area contributed by atoms with Gasteiger partial charge in [-0.25, -0.2) is 4.98 Å². The lowest BCUT2D eigenvalue weighted by atomic mass is 10.1. The molecule has 6 aromatic rings. The van der Waals surface area contributed by atoms with Gasteiger partial charge in [-0.1, -0.05) is 29.5 Å². The number of benzene rings is 5. The number of hydrogen-bond acceptors (Lipinski definition) is 9. The minimum absolute atomic E-state index is 0.0535. The van der Waals surface area contributed by atoms with Gasteiger partial charge < -0.3 is 11.1 Å². The van der Waals surface area contributed by atoms with E-state index in [0.717, 1.165) is 21.3 Å². The molecule has 1 aromatic heterocycles. The molecule has 0 aliphatic rings. The zero-order valence-electron chi connectivity index (χ0n) is 22.8. The molecular weight excluding hydrogens is 580 g/mol. The topological polar surface area (TPSA) is 158 Å². The maximum absolute atomic E-state index is 12.6. The summed E-state index contributed by atoms with van der Waals surface area (Å²) in [5.74, 6) is -0.234. The third-order valence-electron chi connectivity index (χ3n) is 6.85. The Kier molecular flexibility index (Phi) is 7.40. The number of nitro benzene ring substituents is 2. The minimum Gasteiger partial charge on any atom is -0.399 e. The van der Waals surface area contributed by atoms with E-state index in [2.05, 4.69) is 5.32 Å². The zero-order chi connectivity index (χ0) is 30.8. The van der Waals surface area contributed by atoms with E-state index in [4.69, 9.17) is 10.7 Å². The van der Waals surface area contributed by atoms with Gasteiger partial charge in [-0.05, 0) is 83.9 Å². The predicted octanol–water partition coefficient (Wildman–Crippen LogP) is 8.08. The van der Waals surface area contributed by atoms with Gasteiger partial charge in [0.25, 0.3) is 17.3 Å². The van der Waals surface area contributed by atoms with E-state index in [1.54, 1.807) is 53.4 Å². The summed E-state index contributed by atoms with van der Waals surface area (Å²) in [6, 6.07) is 32.1. The Morgan fingerprint density at radius 2 is 1.27 bits per heavy atom. The summed E-state index contributed by atoms with van der Waals surface area (Å²) >= 11 is 1.42. The van der Waals surface area contributed by atoms with Crippen LogP contribution in [0.5, 0.6) is 0 Å². The van der Waals surface area contributed by atoms with Gasteiger partial charge in [0.05, 0.1) is 20.1 Å². The van der Waals surface area contributed by atoms with Crippen molar-refractivity contribution in [3.8, 4) is 11.1 Å². The SMILES string of the molecule is Nc1ccc(C(=O)Nc2ccc(-c3ccc4nc(N(c5ccc([N+](=O)[O-])cc5)c5ccc([N+](=O)[O-])cc5)sc4c3)cc2)cc1. The standard InChI is InChI=1S/C32H22N6O5S/c33-23-6-1-21(2-7-23)31(39)34-24-8-3-20(4-9-24)22-5-18-29-30(19-22)44-32(35-29)36(25-10-14-27(15-11-25)37(40)41)26-12-16-28(17-13-26)38(42)43/h1-19H,33H2,(H,34,39). The number of thiazole rings is 1. The van der Waals surface area contributed by atoms with Gasteiger partial charge in [0, 0.05) is 52.6 Å². The second-order valence-electron chi connectivity index (χ2n) is 9.71. The van der Waals surface area contributed by atoms with Crippen LogP contribution in [0.2, 0.25) is 0 Å². The van der Waals surface area contributed by atoms with Gasteiger partial charge in [-0.15, -0.1) is 0 Å². The molecule has 3 N–H and O–H groups in total. The third-order valence-corrected chi connectivity index (χ3v) is 7.86. The molecule has 0 atom stereocenters. The molecule has 5 aromatic carbocycles. The molecule has 0 bridgehead atoms. The van der Waals surface area contributed by atoms with Crippen molar-refractivity contribution in [3.63, 3.8) is 0 Å². The number of nitro groups is 2. The lowest BCUT2D eigenvalue weighted by molar-refractivity contribution is -0.385. The number of rotatable bonds is 8. The Balaban J connectivity index is 1.30. The molecule has 0 spiro atoms. The summed E-state index contributed by atoms with van der Waals surface area (Å²) in [5, 5.41) is 25.9. The Hall–Kier alpha value is -6.14. The van der Waals surface area contributed by atoms with Gasteiger partial charge in [-0.3, -0.25) is 29.9 Å². The minimum atomic E-state index is -0.473. The Labute approximate surface area is 254 Å². The van der Waals surface area contributed by atoms with Gasteiger partial charge in [0.1, 0.15) is 0 Å². The molecule has 0 unspecified atom stereocenters. The number of carbonyl (C=O) groups is 1. The van der Waals surface area contributed by atoms with Crippen LogP contribution in [0.1, 0.15) is 10.4 Å². The second-order valence-corrected chi connectivity index (χ2v) is 10.7. The summed E-state index contributed by atoms with van der Waals surface area (Å²) in [6.45, 7) is 0. The molecule has 1 heterocycles. The number of amides is 1. The number of anilines is 5. The number of fused-ring (bicyclic) bond motifs is 1. The quantitative estimate of drug-likeness (QED) is 0.100.